The molecule has 1 aliphatic heterocycles. The molecular weight excluding hydrogens is 417 g/mol. The van der Waals surface area contributed by atoms with Gasteiger partial charge in [0.15, 0.2) is 11.6 Å². The summed E-state index contributed by atoms with van der Waals surface area (Å²) < 4.78 is 19.8. The average molecular weight is 437 g/mol. The first-order chi connectivity index (χ1) is 15.4. The van der Waals surface area contributed by atoms with Gasteiger partial charge in [0, 0.05) is 36.4 Å². The van der Waals surface area contributed by atoms with Crippen molar-refractivity contribution in [2.24, 2.45) is 4.99 Å². The fourth-order valence-electron chi connectivity index (χ4n) is 3.27. The number of aliphatic hydroxyl groups excluding tert-OH is 1. The maximum absolute atomic E-state index is 14.3. The molecule has 1 aromatic heterocycles. The maximum Gasteiger partial charge on any atom is 0.252 e. The Balaban J connectivity index is 1.60. The van der Waals surface area contributed by atoms with Crippen molar-refractivity contribution in [3.05, 3.63) is 59.6 Å². The molecule has 9 nitrogen and oxygen atoms in total. The van der Waals surface area contributed by atoms with Gasteiger partial charge in [-0.05, 0) is 30.7 Å². The van der Waals surface area contributed by atoms with Crippen LogP contribution < -0.4 is 15.4 Å². The van der Waals surface area contributed by atoms with E-state index in [2.05, 4.69) is 25.6 Å². The van der Waals surface area contributed by atoms with Crippen LogP contribution in [0.4, 0.5) is 21.8 Å². The number of aromatic nitrogens is 2. The van der Waals surface area contributed by atoms with Gasteiger partial charge < -0.3 is 20.5 Å². The lowest BCUT2D eigenvalue weighted by Gasteiger charge is -2.22. The van der Waals surface area contributed by atoms with Gasteiger partial charge in [0.2, 0.25) is 11.7 Å². The lowest BCUT2D eigenvalue weighted by atomic mass is 9.97. The largest absolute Gasteiger partial charge is 0.493 e. The van der Waals surface area contributed by atoms with Crippen LogP contribution in [-0.4, -0.2) is 46.1 Å². The molecule has 2 aromatic rings. The van der Waals surface area contributed by atoms with E-state index >= 15 is 0 Å². The number of carbonyl (C=O) groups is 2. The topological polar surface area (TPSA) is 126 Å². The van der Waals surface area contributed by atoms with Crippen LogP contribution in [0.15, 0.2) is 53.2 Å². The van der Waals surface area contributed by atoms with E-state index in [0.717, 1.165) is 6.20 Å². The van der Waals surface area contributed by atoms with Gasteiger partial charge in [-0.2, -0.15) is 4.98 Å². The smallest absolute Gasteiger partial charge is 0.252 e. The number of fused-ring (bicyclic) bond motifs is 1. The Kier molecular flexibility index (Phi) is 6.04. The van der Waals surface area contributed by atoms with Crippen LogP contribution in [0.25, 0.3) is 0 Å². The van der Waals surface area contributed by atoms with E-state index in [1.54, 1.807) is 24.3 Å². The van der Waals surface area contributed by atoms with Crippen LogP contribution in [0.2, 0.25) is 0 Å². The van der Waals surface area contributed by atoms with Gasteiger partial charge in [-0.3, -0.25) is 9.59 Å². The van der Waals surface area contributed by atoms with Gasteiger partial charge in [-0.25, -0.2) is 14.4 Å². The van der Waals surface area contributed by atoms with Gasteiger partial charge in [-0.1, -0.05) is 6.08 Å². The number of hydrogen-bond donors (Lipinski definition) is 3. The second-order valence-corrected chi connectivity index (χ2v) is 7.11. The molecule has 4 rings (SSSR count). The molecule has 10 heteroatoms. The number of Topliss-reactive ketones (excluding diaryl/α,β-unsaturated/α-hetero) is 1. The van der Waals surface area contributed by atoms with Crippen LogP contribution in [0.5, 0.6) is 5.75 Å². The highest BCUT2D eigenvalue weighted by Gasteiger charge is 2.21. The highest BCUT2D eigenvalue weighted by Crippen LogP contribution is 2.34. The molecule has 2 heterocycles. The Hall–Kier alpha value is -3.92. The van der Waals surface area contributed by atoms with E-state index in [-0.39, 0.29) is 23.1 Å². The van der Waals surface area contributed by atoms with Crippen LogP contribution in [0, 0.1) is 5.82 Å². The number of halogens is 1. The molecule has 32 heavy (non-hydrogen) atoms. The predicted octanol–water partition coefficient (Wildman–Crippen LogP) is 2.45. The zero-order valence-electron chi connectivity index (χ0n) is 17.1. The van der Waals surface area contributed by atoms with Gasteiger partial charge in [0.1, 0.15) is 11.5 Å². The van der Waals surface area contributed by atoms with Crippen molar-refractivity contribution in [2.75, 3.05) is 19.0 Å². The maximum atomic E-state index is 14.3. The number of likely N-dealkylation sites (N-methyl/N-ethyl adjacent to an activating group) is 1. The summed E-state index contributed by atoms with van der Waals surface area (Å²) >= 11 is 0. The van der Waals surface area contributed by atoms with E-state index in [1.807, 2.05) is 0 Å². The molecule has 3 N–H and O–H groups in total. The van der Waals surface area contributed by atoms with E-state index in [1.165, 1.54) is 19.2 Å². The number of ketones is 1. The number of nitrogens with one attached hydrogen (secondary N) is 2. The van der Waals surface area contributed by atoms with Crippen molar-refractivity contribution in [3.8, 4) is 5.75 Å². The first-order valence-corrected chi connectivity index (χ1v) is 9.91. The number of anilines is 2. The molecule has 0 spiro atoms. The lowest BCUT2D eigenvalue weighted by molar-refractivity contribution is -0.116. The van der Waals surface area contributed by atoms with Crippen molar-refractivity contribution in [1.82, 2.24) is 15.3 Å². The highest BCUT2D eigenvalue weighted by atomic mass is 19.1. The third-order valence-corrected chi connectivity index (χ3v) is 4.92. The molecule has 1 atom stereocenters. The SMILES string of the molecule is CNC(=O)C=C1CC=CC(=Nc2ncc(F)c(Nc3ccc4c(c3)C(O)CCO4)n2)C1=O. The van der Waals surface area contributed by atoms with Crippen molar-refractivity contribution in [3.63, 3.8) is 0 Å². The number of aliphatic imine (C=N–C) groups is 1. The molecule has 0 fully saturated rings. The summed E-state index contributed by atoms with van der Waals surface area (Å²) in [5.74, 6) is -1.22. The monoisotopic (exact) mass is 437 g/mol. The van der Waals surface area contributed by atoms with Gasteiger partial charge >= 0.3 is 0 Å². The Morgan fingerprint density at radius 3 is 3.06 bits per heavy atom. The average Bonchev–Trinajstić information content (AvgIpc) is 2.79. The fourth-order valence-corrected chi connectivity index (χ4v) is 3.27. The lowest BCUT2D eigenvalue weighted by Crippen LogP contribution is -2.22. The van der Waals surface area contributed by atoms with Gasteiger partial charge in [0.05, 0.1) is 18.9 Å². The van der Waals surface area contributed by atoms with E-state index in [9.17, 15) is 19.1 Å². The summed E-state index contributed by atoms with van der Waals surface area (Å²) in [5, 5.41) is 15.4. The Morgan fingerprint density at radius 2 is 2.25 bits per heavy atom. The van der Waals surface area contributed by atoms with Crippen molar-refractivity contribution in [2.45, 2.75) is 18.9 Å². The van der Waals surface area contributed by atoms with Crippen LogP contribution >= 0.6 is 0 Å². The molecule has 2 aliphatic rings. The first-order valence-electron chi connectivity index (χ1n) is 9.91. The molecule has 164 valence electrons. The Morgan fingerprint density at radius 1 is 1.41 bits per heavy atom. The zero-order valence-corrected chi connectivity index (χ0v) is 17.1. The normalized spacial score (nSPS) is 20.1. The second-order valence-electron chi connectivity index (χ2n) is 7.11. The summed E-state index contributed by atoms with van der Waals surface area (Å²) in [6.45, 7) is 0.429. The van der Waals surface area contributed by atoms with E-state index in [4.69, 9.17) is 4.74 Å². The van der Waals surface area contributed by atoms with Crippen LogP contribution in [0.3, 0.4) is 0 Å². The van der Waals surface area contributed by atoms with E-state index in [0.29, 0.717) is 36.4 Å². The molecule has 1 unspecified atom stereocenters. The number of ether oxygens (including phenoxy) is 1. The number of aliphatic hydroxyl groups is 1. The minimum absolute atomic E-state index is 0.0398. The molecular formula is C22H20FN5O4. The van der Waals surface area contributed by atoms with Gasteiger partial charge in [0.25, 0.3) is 5.95 Å². The molecule has 1 amide bonds. The van der Waals surface area contributed by atoms with Gasteiger partial charge in [-0.15, -0.1) is 0 Å². The Bertz CT molecular complexity index is 1170. The number of nitrogens with zero attached hydrogens (tertiary/aromatic N) is 3. The standard InChI is InChI=1S/C22H20FN5O4/c1-24-19(30)9-12-3-2-4-16(20(12)31)27-22-25-11-15(23)21(28-22)26-13-5-6-18-14(10-13)17(29)7-8-32-18/h2,4-6,9-11,17,29H,3,7-8H2,1H3,(H,24,30)(H,25,26,28). The van der Waals surface area contributed by atoms with Crippen molar-refractivity contribution < 1.29 is 23.8 Å². The van der Waals surface area contributed by atoms with E-state index < -0.39 is 23.6 Å². The first kappa shape index (κ1) is 21.3. The van der Waals surface area contributed by atoms with Crippen molar-refractivity contribution >= 4 is 34.9 Å². The number of rotatable bonds is 4. The highest BCUT2D eigenvalue weighted by molar-refractivity contribution is 6.51. The Labute approximate surface area is 182 Å². The molecule has 1 aromatic carbocycles. The van der Waals surface area contributed by atoms with Crippen LogP contribution in [-0.2, 0) is 9.59 Å². The summed E-state index contributed by atoms with van der Waals surface area (Å²) in [6, 6.07) is 5.02. The number of carbonyl (C=O) groups excluding carboxylic acids is 2. The molecule has 0 radical (unpaired) electrons. The predicted molar refractivity (Wildman–Crippen MR) is 115 cm³/mol. The summed E-state index contributed by atoms with van der Waals surface area (Å²) in [4.78, 5) is 36.2. The molecule has 0 saturated heterocycles. The summed E-state index contributed by atoms with van der Waals surface area (Å²) in [7, 11) is 1.47. The van der Waals surface area contributed by atoms with Crippen molar-refractivity contribution in [1.29, 1.82) is 0 Å². The number of benzene rings is 1. The minimum atomic E-state index is -0.714. The third kappa shape index (κ3) is 4.54. The number of allylic oxidation sites excluding steroid dienone is 3. The zero-order chi connectivity index (χ0) is 22.7. The molecule has 1 aliphatic carbocycles. The molecule has 0 bridgehead atoms. The quantitative estimate of drug-likeness (QED) is 0.627. The third-order valence-electron chi connectivity index (χ3n) is 4.92. The second kappa shape index (κ2) is 9.06. The molecule has 0 saturated carbocycles. The van der Waals surface area contributed by atoms with Crippen LogP contribution in [0.1, 0.15) is 24.5 Å². The number of amides is 1. The number of hydrogen-bond acceptors (Lipinski definition) is 8. The fraction of sp³-hybridized carbons (Fsp3) is 0.227. The summed E-state index contributed by atoms with van der Waals surface area (Å²) in [5.41, 5.74) is 1.41. The minimum Gasteiger partial charge on any atom is -0.493 e. The summed E-state index contributed by atoms with van der Waals surface area (Å²) in [6.07, 6.45) is 5.47.